The molecule has 3 heterocycles. The molecule has 31 heavy (non-hydrogen) atoms. The maximum absolute atomic E-state index is 13.3. The molecule has 1 aromatic carbocycles. The van der Waals surface area contributed by atoms with Crippen molar-refractivity contribution in [2.45, 2.75) is 26.2 Å². The normalized spacial score (nSPS) is 16.4. The average molecular weight is 420 g/mol. The van der Waals surface area contributed by atoms with E-state index in [0.29, 0.717) is 85.3 Å². The van der Waals surface area contributed by atoms with Crippen LogP contribution in [0.15, 0.2) is 29.1 Å². The summed E-state index contributed by atoms with van der Waals surface area (Å²) in [5, 5.41) is 0.347. The molecule has 0 bridgehead atoms. The number of anilines is 1. The lowest BCUT2D eigenvalue weighted by Crippen LogP contribution is -2.38. The Balaban J connectivity index is 1.77. The van der Waals surface area contributed by atoms with Gasteiger partial charge < -0.3 is 14.4 Å². The van der Waals surface area contributed by atoms with E-state index in [1.165, 1.54) is 0 Å². The Hall–Kier alpha value is -3.26. The molecule has 8 nitrogen and oxygen atoms in total. The number of rotatable bonds is 4. The minimum absolute atomic E-state index is 0.0177. The highest BCUT2D eigenvalue weighted by molar-refractivity contribution is 6.10. The first-order chi connectivity index (χ1) is 15.2. The second-order valence-corrected chi connectivity index (χ2v) is 7.73. The monoisotopic (exact) mass is 420 g/mol. The van der Waals surface area contributed by atoms with Crippen molar-refractivity contribution in [3.8, 4) is 16.9 Å². The van der Waals surface area contributed by atoms with E-state index < -0.39 is 0 Å². The highest BCUT2D eigenvalue weighted by Crippen LogP contribution is 2.36. The molecule has 8 heteroatoms. The predicted molar refractivity (Wildman–Crippen MR) is 117 cm³/mol. The molecule has 0 unspecified atom stereocenters. The Labute approximate surface area is 179 Å². The van der Waals surface area contributed by atoms with Crippen molar-refractivity contribution in [3.05, 3.63) is 45.9 Å². The number of carbonyl (C=O) groups excluding carboxylic acids is 1. The minimum Gasteiger partial charge on any atom is -0.494 e. The number of nitrogens with one attached hydrogen (secondary N) is 1. The third-order valence-electron chi connectivity index (χ3n) is 5.76. The molecule has 5 rings (SSSR count). The van der Waals surface area contributed by atoms with Crippen molar-refractivity contribution in [3.63, 3.8) is 0 Å². The Kier molecular flexibility index (Phi) is 5.15. The van der Waals surface area contributed by atoms with E-state index in [4.69, 9.17) is 14.5 Å². The van der Waals surface area contributed by atoms with Gasteiger partial charge in [-0.25, -0.2) is 4.98 Å². The van der Waals surface area contributed by atoms with Gasteiger partial charge in [0.05, 0.1) is 30.9 Å². The number of aromatic nitrogens is 3. The van der Waals surface area contributed by atoms with Crippen LogP contribution < -0.4 is 15.2 Å². The number of fused-ring (bicyclic) bond motifs is 2. The summed E-state index contributed by atoms with van der Waals surface area (Å²) in [6.45, 7) is 4.93. The Morgan fingerprint density at radius 1 is 1.13 bits per heavy atom. The zero-order valence-corrected chi connectivity index (χ0v) is 17.4. The Morgan fingerprint density at radius 2 is 1.97 bits per heavy atom. The molecule has 0 saturated carbocycles. The molecule has 1 fully saturated rings. The fourth-order valence-electron chi connectivity index (χ4n) is 4.35. The van der Waals surface area contributed by atoms with E-state index in [-0.39, 0.29) is 11.3 Å². The van der Waals surface area contributed by atoms with Crippen LogP contribution in [0.25, 0.3) is 22.2 Å². The van der Waals surface area contributed by atoms with Gasteiger partial charge in [0.15, 0.2) is 11.4 Å². The zero-order valence-electron chi connectivity index (χ0n) is 17.4. The van der Waals surface area contributed by atoms with Crippen molar-refractivity contribution >= 4 is 22.8 Å². The number of nitrogens with zero attached hydrogens (tertiary/aromatic N) is 3. The molecule has 160 valence electrons. The van der Waals surface area contributed by atoms with Gasteiger partial charge in [0, 0.05) is 30.6 Å². The summed E-state index contributed by atoms with van der Waals surface area (Å²) in [6, 6.07) is 7.50. The Bertz CT molecular complexity index is 1210. The second kappa shape index (κ2) is 8.11. The quantitative estimate of drug-likeness (QED) is 0.693. The largest absolute Gasteiger partial charge is 0.494 e. The molecule has 2 aliphatic rings. The van der Waals surface area contributed by atoms with Crippen molar-refractivity contribution < 1.29 is 14.3 Å². The number of H-pyrrole nitrogens is 1. The molecule has 1 N–H and O–H groups in total. The van der Waals surface area contributed by atoms with Crippen LogP contribution in [-0.2, 0) is 11.2 Å². The number of aromatic amines is 1. The van der Waals surface area contributed by atoms with E-state index in [1.54, 1.807) is 0 Å². The second-order valence-electron chi connectivity index (χ2n) is 7.73. The van der Waals surface area contributed by atoms with Crippen LogP contribution in [0.4, 0.5) is 5.95 Å². The van der Waals surface area contributed by atoms with Crippen molar-refractivity contribution in [2.75, 3.05) is 37.8 Å². The highest BCUT2D eigenvalue weighted by atomic mass is 16.5. The topological polar surface area (TPSA) is 97.4 Å². The van der Waals surface area contributed by atoms with Gasteiger partial charge in [0.1, 0.15) is 5.75 Å². The molecular weight excluding hydrogens is 396 g/mol. The van der Waals surface area contributed by atoms with Crippen molar-refractivity contribution in [1.82, 2.24) is 15.0 Å². The van der Waals surface area contributed by atoms with E-state index in [0.717, 1.165) is 12.0 Å². The summed E-state index contributed by atoms with van der Waals surface area (Å²) in [5.74, 6) is 1.20. The van der Waals surface area contributed by atoms with Crippen LogP contribution in [0.2, 0.25) is 0 Å². The SMILES string of the molecule is CCOc1cccc(-c2c3c(nc4nc(N5CCOCC5)[nH]c(=O)c24)CCCC3=O)c1. The predicted octanol–water partition coefficient (Wildman–Crippen LogP) is 2.74. The number of ketones is 1. The standard InChI is InChI=1S/C23H24N4O4/c1-2-31-15-6-3-5-14(13-15)18-19-16(7-4-8-17(19)28)24-21-20(18)22(29)26-23(25-21)27-9-11-30-12-10-27/h3,5-6,13H,2,4,7-12H2,1H3,(H,24,25,26,29). The van der Waals surface area contributed by atoms with Gasteiger partial charge in [-0.15, -0.1) is 0 Å². The maximum Gasteiger partial charge on any atom is 0.262 e. The van der Waals surface area contributed by atoms with E-state index >= 15 is 0 Å². The molecule has 1 aliphatic carbocycles. The van der Waals surface area contributed by atoms with Crippen LogP contribution in [-0.4, -0.2) is 53.6 Å². The molecule has 0 radical (unpaired) electrons. The number of hydrogen-bond donors (Lipinski definition) is 1. The zero-order chi connectivity index (χ0) is 21.4. The smallest absolute Gasteiger partial charge is 0.262 e. The highest BCUT2D eigenvalue weighted by Gasteiger charge is 2.28. The molecule has 2 aromatic heterocycles. The van der Waals surface area contributed by atoms with Crippen LogP contribution in [0.1, 0.15) is 35.8 Å². The number of carbonyl (C=O) groups is 1. The first-order valence-electron chi connectivity index (χ1n) is 10.7. The molecule has 1 aliphatic heterocycles. The van der Waals surface area contributed by atoms with Gasteiger partial charge in [0.25, 0.3) is 5.56 Å². The summed E-state index contributed by atoms with van der Waals surface area (Å²) in [4.78, 5) is 40.5. The van der Waals surface area contributed by atoms with Gasteiger partial charge in [0.2, 0.25) is 5.95 Å². The van der Waals surface area contributed by atoms with Crippen LogP contribution >= 0.6 is 0 Å². The lowest BCUT2D eigenvalue weighted by molar-refractivity contribution is 0.0972. The third kappa shape index (κ3) is 3.57. The van der Waals surface area contributed by atoms with Crippen LogP contribution in [0, 0.1) is 0 Å². The van der Waals surface area contributed by atoms with E-state index in [2.05, 4.69) is 9.97 Å². The van der Waals surface area contributed by atoms with E-state index in [9.17, 15) is 9.59 Å². The molecular formula is C23H24N4O4. The van der Waals surface area contributed by atoms with Gasteiger partial charge in [-0.1, -0.05) is 12.1 Å². The Morgan fingerprint density at radius 3 is 2.77 bits per heavy atom. The maximum atomic E-state index is 13.3. The first-order valence-corrected chi connectivity index (χ1v) is 10.7. The van der Waals surface area contributed by atoms with E-state index in [1.807, 2.05) is 36.1 Å². The fraction of sp³-hybridized carbons (Fsp3) is 0.391. The number of ether oxygens (including phenoxy) is 2. The minimum atomic E-state index is -0.294. The lowest BCUT2D eigenvalue weighted by Gasteiger charge is -2.27. The summed E-state index contributed by atoms with van der Waals surface area (Å²) >= 11 is 0. The van der Waals surface area contributed by atoms with Crippen LogP contribution in [0.3, 0.4) is 0 Å². The molecule has 0 amide bonds. The summed E-state index contributed by atoms with van der Waals surface area (Å²) in [6.07, 6.45) is 1.90. The van der Waals surface area contributed by atoms with Gasteiger partial charge in [-0.2, -0.15) is 4.98 Å². The number of morpholine rings is 1. The number of aryl methyl sites for hydroxylation is 1. The van der Waals surface area contributed by atoms with Gasteiger partial charge in [-0.3, -0.25) is 14.6 Å². The molecule has 0 spiro atoms. The number of hydrogen-bond acceptors (Lipinski definition) is 7. The summed E-state index contributed by atoms with van der Waals surface area (Å²) in [7, 11) is 0. The van der Waals surface area contributed by atoms with Crippen LogP contribution in [0.5, 0.6) is 5.75 Å². The molecule has 1 saturated heterocycles. The van der Waals surface area contributed by atoms with Gasteiger partial charge >= 0.3 is 0 Å². The van der Waals surface area contributed by atoms with Crippen molar-refractivity contribution in [2.24, 2.45) is 0 Å². The number of benzene rings is 1. The lowest BCUT2D eigenvalue weighted by atomic mass is 9.86. The van der Waals surface area contributed by atoms with Crippen molar-refractivity contribution in [1.29, 1.82) is 0 Å². The molecule has 3 aromatic rings. The fourth-order valence-corrected chi connectivity index (χ4v) is 4.35. The third-order valence-corrected chi connectivity index (χ3v) is 5.76. The van der Waals surface area contributed by atoms with Gasteiger partial charge in [-0.05, 0) is 37.5 Å². The number of Topliss-reactive ketones (excluding diaryl/α,β-unsaturated/α-hetero) is 1. The summed E-state index contributed by atoms with van der Waals surface area (Å²) < 4.78 is 11.1. The average Bonchev–Trinajstić information content (AvgIpc) is 2.79. The first kappa shape index (κ1) is 19.7. The molecule has 0 atom stereocenters. The number of pyridine rings is 1. The summed E-state index contributed by atoms with van der Waals surface area (Å²) in [5.41, 5.74) is 2.70.